The third kappa shape index (κ3) is 10.2. The Morgan fingerprint density at radius 3 is 1.75 bits per heavy atom. The van der Waals surface area contributed by atoms with Gasteiger partial charge < -0.3 is 0 Å². The van der Waals surface area contributed by atoms with Crippen LogP contribution < -0.4 is 0 Å². The minimum atomic E-state index is -2.19. The Bertz CT molecular complexity index is 390. The number of hydrogen-bond donors (Lipinski definition) is 1. The molecular weight excluding hydrogens is 423 g/mol. The van der Waals surface area contributed by atoms with Crippen molar-refractivity contribution in [1.29, 1.82) is 0 Å². The van der Waals surface area contributed by atoms with E-state index >= 15 is 0 Å². The van der Waals surface area contributed by atoms with Gasteiger partial charge in [0.1, 0.15) is 0 Å². The molecule has 0 spiro atoms. The molecule has 0 rings (SSSR count). The average molecular weight is 461 g/mol. The standard InChI is InChI=1S/C8H11O2S.3C4H9.Sn/c1-4-5-11-8(6(2)9)7(3)10;3*1-3-4-2;/h1,4,9H,5H2,2-3H3;3*1,3-4H2,2H3;/b4-1?,8-6+;;;;. The van der Waals surface area contributed by atoms with Crippen LogP contribution in [0.5, 0.6) is 0 Å². The fourth-order valence-corrected chi connectivity index (χ4v) is 18.7. The number of allylic oxidation sites excluding steroid dienone is 2. The Morgan fingerprint density at radius 2 is 1.42 bits per heavy atom. The van der Waals surface area contributed by atoms with Gasteiger partial charge in [-0.2, -0.15) is 0 Å². The first-order valence-corrected chi connectivity index (χ1v) is 18.3. The van der Waals surface area contributed by atoms with E-state index < -0.39 is 18.4 Å². The fourth-order valence-electron chi connectivity index (χ4n) is 3.10. The summed E-state index contributed by atoms with van der Waals surface area (Å²) in [5.74, 6) is 0.917. The van der Waals surface area contributed by atoms with Crippen LogP contribution in [-0.2, 0) is 4.79 Å². The van der Waals surface area contributed by atoms with Gasteiger partial charge in [0, 0.05) is 0 Å². The third-order valence-corrected chi connectivity index (χ3v) is 20.0. The van der Waals surface area contributed by atoms with Gasteiger partial charge in [-0.25, -0.2) is 0 Å². The maximum absolute atomic E-state index is 11.6. The maximum atomic E-state index is 11.6. The molecule has 0 aromatic carbocycles. The summed E-state index contributed by atoms with van der Waals surface area (Å²) in [5.41, 5.74) is 0. The number of rotatable bonds is 14. The van der Waals surface area contributed by atoms with E-state index in [9.17, 15) is 9.90 Å². The summed E-state index contributed by atoms with van der Waals surface area (Å²) in [6.45, 7) is 10.0. The van der Waals surface area contributed by atoms with E-state index in [0.29, 0.717) is 4.91 Å². The molecule has 0 saturated carbocycles. The number of aliphatic hydroxyl groups is 1. The van der Waals surface area contributed by atoms with Crippen LogP contribution in [0.15, 0.2) is 20.8 Å². The van der Waals surface area contributed by atoms with Gasteiger partial charge in [0.05, 0.1) is 0 Å². The molecule has 1 N–H and O–H groups in total. The molecule has 0 bridgehead atoms. The van der Waals surface area contributed by atoms with E-state index in [1.807, 2.05) is 0 Å². The molecular formula is C20H38O2SSn. The summed E-state index contributed by atoms with van der Waals surface area (Å²) < 4.78 is 7.05. The van der Waals surface area contributed by atoms with E-state index in [1.165, 1.54) is 70.5 Å². The van der Waals surface area contributed by atoms with Gasteiger partial charge in [0.25, 0.3) is 0 Å². The quantitative estimate of drug-likeness (QED) is 0.171. The molecule has 0 heterocycles. The Morgan fingerprint density at radius 1 is 0.958 bits per heavy atom. The molecule has 0 atom stereocenters. The number of Topliss-reactive ketones (excluding diaryl/α,β-unsaturated/α-hetero) is 1. The number of thioether (sulfide) groups is 1. The van der Waals surface area contributed by atoms with Crippen molar-refractivity contribution in [2.75, 3.05) is 5.75 Å². The van der Waals surface area contributed by atoms with E-state index in [1.54, 1.807) is 6.92 Å². The molecule has 2 nitrogen and oxygen atoms in total. The Hall–Kier alpha value is 0.0987. The van der Waals surface area contributed by atoms with Gasteiger partial charge in [-0.15, -0.1) is 0 Å². The molecule has 0 radical (unpaired) electrons. The minimum absolute atomic E-state index is 0.0360. The van der Waals surface area contributed by atoms with E-state index in [0.717, 1.165) is 5.75 Å². The van der Waals surface area contributed by atoms with Crippen molar-refractivity contribution in [3.63, 3.8) is 0 Å². The third-order valence-electron chi connectivity index (χ3n) is 4.53. The second-order valence-electron chi connectivity index (χ2n) is 6.86. The molecule has 4 heteroatoms. The first kappa shape index (κ1) is 24.1. The number of hydrogen-bond acceptors (Lipinski definition) is 3. The second kappa shape index (κ2) is 14.3. The summed E-state index contributed by atoms with van der Waals surface area (Å²) in [7, 11) is 0. The van der Waals surface area contributed by atoms with Crippen molar-refractivity contribution in [1.82, 2.24) is 0 Å². The molecule has 0 aliphatic heterocycles. The Labute approximate surface area is 158 Å². The molecule has 0 aliphatic carbocycles. The predicted octanol–water partition coefficient (Wildman–Crippen LogP) is 7.04. The van der Waals surface area contributed by atoms with E-state index in [4.69, 9.17) is 0 Å². The van der Waals surface area contributed by atoms with Crippen molar-refractivity contribution in [3.05, 3.63) is 20.8 Å². The fraction of sp³-hybridized carbons (Fsp3) is 0.750. The van der Waals surface area contributed by atoms with Crippen LogP contribution in [0, 0.1) is 0 Å². The monoisotopic (exact) mass is 462 g/mol. The molecule has 0 saturated heterocycles. The molecule has 0 unspecified atom stereocenters. The van der Waals surface area contributed by atoms with Crippen molar-refractivity contribution >= 4 is 35.9 Å². The first-order chi connectivity index (χ1) is 11.4. The SMILES string of the molecule is CCC[CH2][Sn](/[CH]=C/CS/C(C(C)=O)=C(\C)O)([CH2]CCC)[CH2]CCC. The zero-order valence-electron chi connectivity index (χ0n) is 16.5. The number of unbranched alkanes of at least 4 members (excludes halogenated alkanes) is 3. The molecule has 0 amide bonds. The van der Waals surface area contributed by atoms with Gasteiger partial charge in [-0.3, -0.25) is 0 Å². The summed E-state index contributed by atoms with van der Waals surface area (Å²) in [6.07, 6.45) is 10.3. The summed E-state index contributed by atoms with van der Waals surface area (Å²) in [5, 5.41) is 9.62. The number of carbonyl (C=O) groups excluding carboxylic acids is 1. The summed E-state index contributed by atoms with van der Waals surface area (Å²) in [4.78, 5) is 12.1. The van der Waals surface area contributed by atoms with Gasteiger partial charge >= 0.3 is 159 Å². The van der Waals surface area contributed by atoms with Gasteiger partial charge in [-0.1, -0.05) is 0 Å². The first-order valence-electron chi connectivity index (χ1n) is 9.63. The van der Waals surface area contributed by atoms with Crippen LogP contribution in [0.25, 0.3) is 0 Å². The van der Waals surface area contributed by atoms with Crippen LogP contribution in [-0.4, -0.2) is 35.0 Å². The molecule has 0 aliphatic rings. The number of carbonyl (C=O) groups is 1. The summed E-state index contributed by atoms with van der Waals surface area (Å²) >= 11 is -0.715. The van der Waals surface area contributed by atoms with Crippen molar-refractivity contribution in [3.8, 4) is 0 Å². The normalized spacial score (nSPS) is 13.4. The second-order valence-corrected chi connectivity index (χ2v) is 20.9. The van der Waals surface area contributed by atoms with Crippen LogP contribution in [0.4, 0.5) is 0 Å². The van der Waals surface area contributed by atoms with E-state index in [2.05, 4.69) is 30.9 Å². The Kier molecular flexibility index (Phi) is 14.3. The van der Waals surface area contributed by atoms with Gasteiger partial charge in [0.15, 0.2) is 0 Å². The number of ketones is 1. The van der Waals surface area contributed by atoms with E-state index in [-0.39, 0.29) is 11.5 Å². The molecule has 0 fully saturated rings. The van der Waals surface area contributed by atoms with Crippen LogP contribution >= 0.6 is 11.8 Å². The molecule has 0 aromatic heterocycles. The van der Waals surface area contributed by atoms with Crippen LogP contribution in [0.3, 0.4) is 0 Å². The number of aliphatic hydroxyl groups excluding tert-OH is 1. The zero-order valence-corrected chi connectivity index (χ0v) is 20.2. The summed E-state index contributed by atoms with van der Waals surface area (Å²) in [6, 6.07) is 0. The topological polar surface area (TPSA) is 37.3 Å². The molecule has 140 valence electrons. The van der Waals surface area contributed by atoms with Crippen molar-refractivity contribution in [2.24, 2.45) is 0 Å². The molecule has 0 aromatic rings. The molecule has 24 heavy (non-hydrogen) atoms. The van der Waals surface area contributed by atoms with Gasteiger partial charge in [-0.05, 0) is 0 Å². The van der Waals surface area contributed by atoms with Crippen molar-refractivity contribution in [2.45, 2.75) is 86.5 Å². The predicted molar refractivity (Wildman–Crippen MR) is 113 cm³/mol. The van der Waals surface area contributed by atoms with Crippen LogP contribution in [0.1, 0.15) is 73.1 Å². The average Bonchev–Trinajstić information content (AvgIpc) is 2.54. The van der Waals surface area contributed by atoms with Gasteiger partial charge in [0.2, 0.25) is 0 Å². The Balaban J connectivity index is 4.98. The van der Waals surface area contributed by atoms with Crippen molar-refractivity contribution < 1.29 is 9.90 Å². The van der Waals surface area contributed by atoms with Crippen LogP contribution in [0.2, 0.25) is 13.3 Å². The zero-order chi connectivity index (χ0) is 18.4.